The number of hydrogen-bond donors (Lipinski definition) is 1. The molecule has 19 heavy (non-hydrogen) atoms. The van der Waals surface area contributed by atoms with Crippen LogP contribution in [0.4, 0.5) is 5.69 Å². The van der Waals surface area contributed by atoms with Gasteiger partial charge >= 0.3 is 0 Å². The van der Waals surface area contributed by atoms with E-state index >= 15 is 0 Å². The zero-order valence-corrected chi connectivity index (χ0v) is 11.3. The summed E-state index contributed by atoms with van der Waals surface area (Å²) in [4.78, 5) is 10.9. The highest BCUT2D eigenvalue weighted by Crippen LogP contribution is 2.29. The smallest absolute Gasteiger partial charge is 0.116 e. The van der Waals surface area contributed by atoms with E-state index in [0.717, 1.165) is 48.1 Å². The number of benzene rings is 1. The summed E-state index contributed by atoms with van der Waals surface area (Å²) < 4.78 is 0. The van der Waals surface area contributed by atoms with Gasteiger partial charge in [0, 0.05) is 36.8 Å². The Bertz CT molecular complexity index is 567. The maximum Gasteiger partial charge on any atom is 0.116 e. The molecule has 0 saturated carbocycles. The summed E-state index contributed by atoms with van der Waals surface area (Å²) >= 11 is 6.07. The van der Waals surface area contributed by atoms with Crippen molar-refractivity contribution in [3.8, 4) is 11.3 Å². The summed E-state index contributed by atoms with van der Waals surface area (Å²) in [6.07, 6.45) is 3.47. The van der Waals surface area contributed by atoms with Crippen molar-refractivity contribution in [2.24, 2.45) is 0 Å². The minimum Gasteiger partial charge on any atom is -0.366 e. The third-order valence-electron chi connectivity index (χ3n) is 3.25. The number of rotatable bonds is 2. The van der Waals surface area contributed by atoms with E-state index in [9.17, 15) is 0 Å². The number of hydrogen-bond acceptors (Lipinski definition) is 4. The molecule has 0 aliphatic carbocycles. The lowest BCUT2D eigenvalue weighted by molar-refractivity contribution is 0.588. The first-order valence-corrected chi connectivity index (χ1v) is 6.74. The van der Waals surface area contributed by atoms with Crippen LogP contribution in [0.2, 0.25) is 5.02 Å². The molecule has 0 amide bonds. The second kappa shape index (κ2) is 5.55. The SMILES string of the molecule is Clc1cccc(-c2ncncc2N2CCNCC2)c1. The molecule has 0 atom stereocenters. The molecular weight excluding hydrogens is 260 g/mol. The Kier molecular flexibility index (Phi) is 3.62. The second-order valence-corrected chi connectivity index (χ2v) is 4.94. The summed E-state index contributed by atoms with van der Waals surface area (Å²) in [5.41, 5.74) is 3.05. The van der Waals surface area contributed by atoms with E-state index in [1.54, 1.807) is 6.33 Å². The number of aromatic nitrogens is 2. The molecule has 0 radical (unpaired) electrons. The third-order valence-corrected chi connectivity index (χ3v) is 3.48. The predicted octanol–water partition coefficient (Wildman–Crippen LogP) is 2.21. The summed E-state index contributed by atoms with van der Waals surface area (Å²) in [6.45, 7) is 3.93. The van der Waals surface area contributed by atoms with Gasteiger partial charge in [-0.2, -0.15) is 0 Å². The van der Waals surface area contributed by atoms with E-state index in [1.165, 1.54) is 0 Å². The van der Waals surface area contributed by atoms with Crippen LogP contribution in [0.25, 0.3) is 11.3 Å². The highest BCUT2D eigenvalue weighted by atomic mass is 35.5. The molecule has 3 rings (SSSR count). The molecular formula is C14H15ClN4. The van der Waals surface area contributed by atoms with Gasteiger partial charge in [0.25, 0.3) is 0 Å². The van der Waals surface area contributed by atoms with Crippen LogP contribution in [-0.4, -0.2) is 36.1 Å². The zero-order valence-electron chi connectivity index (χ0n) is 10.5. The van der Waals surface area contributed by atoms with Crippen molar-refractivity contribution >= 4 is 17.3 Å². The lowest BCUT2D eigenvalue weighted by Crippen LogP contribution is -2.43. The topological polar surface area (TPSA) is 41.1 Å². The monoisotopic (exact) mass is 274 g/mol. The molecule has 0 spiro atoms. The van der Waals surface area contributed by atoms with Gasteiger partial charge in [0.1, 0.15) is 6.33 Å². The Morgan fingerprint density at radius 3 is 2.84 bits per heavy atom. The number of nitrogens with zero attached hydrogens (tertiary/aromatic N) is 3. The van der Waals surface area contributed by atoms with Crippen LogP contribution in [-0.2, 0) is 0 Å². The lowest BCUT2D eigenvalue weighted by Gasteiger charge is -2.30. The third kappa shape index (κ3) is 2.69. The first kappa shape index (κ1) is 12.4. The van der Waals surface area contributed by atoms with Crippen LogP contribution in [0.1, 0.15) is 0 Å². The molecule has 1 aromatic heterocycles. The number of anilines is 1. The molecule has 2 heterocycles. The van der Waals surface area contributed by atoms with Crippen LogP contribution < -0.4 is 10.2 Å². The molecule has 98 valence electrons. The highest BCUT2D eigenvalue weighted by molar-refractivity contribution is 6.30. The summed E-state index contributed by atoms with van der Waals surface area (Å²) in [5.74, 6) is 0. The Labute approximate surface area is 117 Å². The van der Waals surface area contributed by atoms with E-state index in [1.807, 2.05) is 30.5 Å². The molecule has 0 unspecified atom stereocenters. The fraction of sp³-hybridized carbons (Fsp3) is 0.286. The van der Waals surface area contributed by atoms with Crippen molar-refractivity contribution in [1.82, 2.24) is 15.3 Å². The van der Waals surface area contributed by atoms with Crippen molar-refractivity contribution in [1.29, 1.82) is 0 Å². The first-order chi connectivity index (χ1) is 9.34. The van der Waals surface area contributed by atoms with Gasteiger partial charge in [-0.05, 0) is 12.1 Å². The van der Waals surface area contributed by atoms with Gasteiger partial charge in [-0.3, -0.25) is 0 Å². The molecule has 0 bridgehead atoms. The van der Waals surface area contributed by atoms with Crippen molar-refractivity contribution in [2.75, 3.05) is 31.1 Å². The molecule has 5 heteroatoms. The van der Waals surface area contributed by atoms with Crippen molar-refractivity contribution in [3.63, 3.8) is 0 Å². The Morgan fingerprint density at radius 2 is 2.05 bits per heavy atom. The van der Waals surface area contributed by atoms with Gasteiger partial charge in [0.15, 0.2) is 0 Å². The molecule has 1 aliphatic heterocycles. The second-order valence-electron chi connectivity index (χ2n) is 4.50. The molecule has 1 N–H and O–H groups in total. The van der Waals surface area contributed by atoms with Crippen LogP contribution in [0.3, 0.4) is 0 Å². The lowest BCUT2D eigenvalue weighted by atomic mass is 10.1. The molecule has 1 aromatic carbocycles. The average molecular weight is 275 g/mol. The first-order valence-electron chi connectivity index (χ1n) is 6.36. The number of piperazine rings is 1. The summed E-state index contributed by atoms with van der Waals surface area (Å²) in [7, 11) is 0. The maximum absolute atomic E-state index is 6.07. The quantitative estimate of drug-likeness (QED) is 0.912. The van der Waals surface area contributed by atoms with Gasteiger partial charge in [0.05, 0.1) is 17.6 Å². The van der Waals surface area contributed by atoms with E-state index in [2.05, 4.69) is 20.2 Å². The Balaban J connectivity index is 2.01. The van der Waals surface area contributed by atoms with E-state index in [4.69, 9.17) is 11.6 Å². The molecule has 4 nitrogen and oxygen atoms in total. The van der Waals surface area contributed by atoms with Gasteiger partial charge in [0.2, 0.25) is 0 Å². The predicted molar refractivity (Wildman–Crippen MR) is 77.6 cm³/mol. The van der Waals surface area contributed by atoms with E-state index in [0.29, 0.717) is 0 Å². The molecule has 1 fully saturated rings. The number of nitrogens with one attached hydrogen (secondary N) is 1. The standard InChI is InChI=1S/C14H15ClN4/c15-12-3-1-2-11(8-12)14-13(9-17-10-18-14)19-6-4-16-5-7-19/h1-3,8-10,16H,4-7H2. The largest absolute Gasteiger partial charge is 0.366 e. The Morgan fingerprint density at radius 1 is 1.21 bits per heavy atom. The normalized spacial score (nSPS) is 15.5. The van der Waals surface area contributed by atoms with Gasteiger partial charge in [-0.1, -0.05) is 23.7 Å². The van der Waals surface area contributed by atoms with Gasteiger partial charge in [-0.25, -0.2) is 9.97 Å². The maximum atomic E-state index is 6.07. The minimum atomic E-state index is 0.724. The molecule has 2 aromatic rings. The molecule has 1 saturated heterocycles. The van der Waals surface area contributed by atoms with E-state index < -0.39 is 0 Å². The number of halogens is 1. The van der Waals surface area contributed by atoms with Gasteiger partial charge < -0.3 is 10.2 Å². The fourth-order valence-electron chi connectivity index (χ4n) is 2.32. The average Bonchev–Trinajstić information content (AvgIpc) is 2.48. The van der Waals surface area contributed by atoms with Crippen LogP contribution in [0, 0.1) is 0 Å². The van der Waals surface area contributed by atoms with Crippen LogP contribution in [0.5, 0.6) is 0 Å². The van der Waals surface area contributed by atoms with Gasteiger partial charge in [-0.15, -0.1) is 0 Å². The van der Waals surface area contributed by atoms with Crippen molar-refractivity contribution in [3.05, 3.63) is 41.8 Å². The Hall–Kier alpha value is -1.65. The highest BCUT2D eigenvalue weighted by Gasteiger charge is 2.16. The van der Waals surface area contributed by atoms with Crippen molar-refractivity contribution in [2.45, 2.75) is 0 Å². The van der Waals surface area contributed by atoms with Crippen LogP contribution in [0.15, 0.2) is 36.8 Å². The zero-order chi connectivity index (χ0) is 13.1. The van der Waals surface area contributed by atoms with Crippen molar-refractivity contribution < 1.29 is 0 Å². The fourth-order valence-corrected chi connectivity index (χ4v) is 2.51. The molecule has 1 aliphatic rings. The van der Waals surface area contributed by atoms with Crippen LogP contribution >= 0.6 is 11.6 Å². The summed E-state index contributed by atoms with van der Waals surface area (Å²) in [6, 6.07) is 7.79. The van der Waals surface area contributed by atoms with E-state index in [-0.39, 0.29) is 0 Å². The minimum absolute atomic E-state index is 0.724. The summed E-state index contributed by atoms with van der Waals surface area (Å²) in [5, 5.41) is 4.07.